The topological polar surface area (TPSA) is 25.8 Å². The molecule has 0 aliphatic rings. The Kier molecular flexibility index (Phi) is 4.68. The van der Waals surface area contributed by atoms with Crippen LogP contribution < -0.4 is 0 Å². The molecule has 0 radical (unpaired) electrons. The van der Waals surface area contributed by atoms with Crippen LogP contribution in [0.4, 0.5) is 0 Å². The van der Waals surface area contributed by atoms with Crippen molar-refractivity contribution >= 4 is 50.9 Å². The summed E-state index contributed by atoms with van der Waals surface area (Å²) in [5.74, 6) is 0.707. The number of aromatic nitrogens is 2. The Bertz CT molecular complexity index is 537. The molecule has 0 amide bonds. The van der Waals surface area contributed by atoms with Crippen LogP contribution in [-0.2, 0) is 5.75 Å². The van der Waals surface area contributed by atoms with Crippen LogP contribution in [0.3, 0.4) is 0 Å². The van der Waals surface area contributed by atoms with Gasteiger partial charge < -0.3 is 0 Å². The van der Waals surface area contributed by atoms with E-state index in [0.717, 1.165) is 15.1 Å². The van der Waals surface area contributed by atoms with Gasteiger partial charge in [-0.15, -0.1) is 11.8 Å². The average molecular weight is 350 g/mol. The third-order valence-electron chi connectivity index (χ3n) is 1.99. The van der Waals surface area contributed by atoms with Gasteiger partial charge in [-0.05, 0) is 39.7 Å². The predicted octanol–water partition coefficient (Wildman–Crippen LogP) is 4.84. The molecule has 0 aromatic carbocycles. The molecule has 0 N–H and O–H groups in total. The lowest BCUT2D eigenvalue weighted by molar-refractivity contribution is 1.11. The first kappa shape index (κ1) is 13.1. The van der Waals surface area contributed by atoms with Gasteiger partial charge in [-0.25, -0.2) is 9.97 Å². The first-order valence-corrected chi connectivity index (χ1v) is 7.23. The van der Waals surface area contributed by atoms with Crippen molar-refractivity contribution in [3.63, 3.8) is 0 Å². The third kappa shape index (κ3) is 3.58. The quantitative estimate of drug-likeness (QED) is 0.585. The van der Waals surface area contributed by atoms with Crippen LogP contribution in [0.25, 0.3) is 0 Å². The summed E-state index contributed by atoms with van der Waals surface area (Å²) in [5, 5.41) is 1.96. The summed E-state index contributed by atoms with van der Waals surface area (Å²) in [6.07, 6.45) is 3.45. The van der Waals surface area contributed by atoms with Crippen molar-refractivity contribution in [2.75, 3.05) is 0 Å². The van der Waals surface area contributed by atoms with Gasteiger partial charge >= 0.3 is 0 Å². The van der Waals surface area contributed by atoms with E-state index in [1.807, 2.05) is 12.1 Å². The third-order valence-corrected chi connectivity index (χ3v) is 4.50. The Labute approximate surface area is 122 Å². The fourth-order valence-corrected chi connectivity index (χ4v) is 3.14. The van der Waals surface area contributed by atoms with Gasteiger partial charge in [-0.1, -0.05) is 23.2 Å². The minimum Gasteiger partial charge on any atom is -0.249 e. The monoisotopic (exact) mass is 348 g/mol. The number of halogens is 3. The average Bonchev–Trinajstić information content (AvgIpc) is 2.30. The highest BCUT2D eigenvalue weighted by atomic mass is 79.9. The van der Waals surface area contributed by atoms with Crippen LogP contribution in [-0.4, -0.2) is 9.97 Å². The molecule has 2 rings (SSSR count). The molecule has 0 aliphatic carbocycles. The maximum absolute atomic E-state index is 6.07. The van der Waals surface area contributed by atoms with Gasteiger partial charge in [-0.2, -0.15) is 0 Å². The number of rotatable bonds is 3. The van der Waals surface area contributed by atoms with E-state index in [2.05, 4.69) is 25.9 Å². The molecule has 6 heteroatoms. The molecule has 0 saturated heterocycles. The number of thioether (sulfide) groups is 1. The van der Waals surface area contributed by atoms with Crippen molar-refractivity contribution in [3.05, 3.63) is 50.8 Å². The van der Waals surface area contributed by atoms with E-state index in [4.69, 9.17) is 23.2 Å². The smallest absolute Gasteiger partial charge is 0.130 e. The van der Waals surface area contributed by atoms with E-state index in [1.165, 1.54) is 0 Å². The van der Waals surface area contributed by atoms with Crippen molar-refractivity contribution in [1.82, 2.24) is 9.97 Å². The van der Waals surface area contributed by atoms with Crippen molar-refractivity contribution in [2.24, 2.45) is 0 Å². The second-order valence-corrected chi connectivity index (χ2v) is 5.79. The Morgan fingerprint density at radius 1 is 1.29 bits per heavy atom. The van der Waals surface area contributed by atoms with Gasteiger partial charge in [0.05, 0.1) is 0 Å². The number of nitrogens with zero attached hydrogens (tertiary/aromatic N) is 2. The summed E-state index contributed by atoms with van der Waals surface area (Å²) < 4.78 is 0.975. The molecule has 0 fully saturated rings. The molecule has 2 aromatic rings. The minimum atomic E-state index is 0.405. The summed E-state index contributed by atoms with van der Waals surface area (Å²) in [5.41, 5.74) is 0.943. The Hall–Kier alpha value is -0.290. The largest absolute Gasteiger partial charge is 0.249 e. The van der Waals surface area contributed by atoms with Crippen LogP contribution in [0.5, 0.6) is 0 Å². The van der Waals surface area contributed by atoms with E-state index >= 15 is 0 Å². The van der Waals surface area contributed by atoms with E-state index in [9.17, 15) is 0 Å². The fraction of sp³-hybridized carbons (Fsp3) is 0.0909. The van der Waals surface area contributed by atoms with Crippen LogP contribution >= 0.6 is 50.9 Å². The zero-order valence-corrected chi connectivity index (χ0v) is 12.4. The Morgan fingerprint density at radius 2 is 2.12 bits per heavy atom. The van der Waals surface area contributed by atoms with E-state index in [1.54, 1.807) is 30.2 Å². The zero-order chi connectivity index (χ0) is 12.3. The summed E-state index contributed by atoms with van der Waals surface area (Å²) in [6, 6.07) is 5.48. The maximum atomic E-state index is 6.07. The predicted molar refractivity (Wildman–Crippen MR) is 75.8 cm³/mol. The van der Waals surface area contributed by atoms with Crippen molar-refractivity contribution < 1.29 is 0 Å². The molecule has 2 aromatic heterocycles. The number of hydrogen-bond acceptors (Lipinski definition) is 3. The first-order chi connectivity index (χ1) is 8.16. The fourth-order valence-electron chi connectivity index (χ4n) is 1.17. The highest BCUT2D eigenvalue weighted by Gasteiger charge is 2.06. The molecule has 0 unspecified atom stereocenters. The Morgan fingerprint density at radius 3 is 2.82 bits per heavy atom. The SMILES string of the molecule is Clc1cc(Cl)c(CSc2ncccc2Br)cn1. The van der Waals surface area contributed by atoms with Gasteiger partial charge in [-0.3, -0.25) is 0 Å². The molecule has 0 bridgehead atoms. The second kappa shape index (κ2) is 6.05. The summed E-state index contributed by atoms with van der Waals surface area (Å²) in [7, 11) is 0. The van der Waals surface area contributed by atoms with Crippen LogP contribution in [0.15, 0.2) is 40.1 Å². The molecule has 17 heavy (non-hydrogen) atoms. The van der Waals surface area contributed by atoms with Gasteiger partial charge in [0.1, 0.15) is 10.2 Å². The standard InChI is InChI=1S/C11H7BrCl2N2S/c12-8-2-1-3-15-11(8)17-6-7-5-16-10(14)4-9(7)13/h1-5H,6H2. The molecule has 2 nitrogen and oxygen atoms in total. The van der Waals surface area contributed by atoms with Crippen LogP contribution in [0, 0.1) is 0 Å². The summed E-state index contributed by atoms with van der Waals surface area (Å²) in [6.45, 7) is 0. The van der Waals surface area contributed by atoms with E-state index < -0.39 is 0 Å². The molecule has 0 spiro atoms. The molecule has 88 valence electrons. The molecular formula is C11H7BrCl2N2S. The summed E-state index contributed by atoms with van der Waals surface area (Å²) in [4.78, 5) is 8.28. The maximum Gasteiger partial charge on any atom is 0.130 e. The second-order valence-electron chi connectivity index (χ2n) is 3.18. The van der Waals surface area contributed by atoms with Crippen LogP contribution in [0.1, 0.15) is 5.56 Å². The minimum absolute atomic E-state index is 0.405. The highest BCUT2D eigenvalue weighted by molar-refractivity contribution is 9.10. The van der Waals surface area contributed by atoms with Gasteiger partial charge in [0.15, 0.2) is 0 Å². The molecule has 0 atom stereocenters. The molecular weight excluding hydrogens is 343 g/mol. The zero-order valence-electron chi connectivity index (χ0n) is 8.53. The Balaban J connectivity index is 2.10. The number of pyridine rings is 2. The lowest BCUT2D eigenvalue weighted by atomic mass is 10.3. The normalized spacial score (nSPS) is 10.5. The van der Waals surface area contributed by atoms with Crippen LogP contribution in [0.2, 0.25) is 10.2 Å². The number of hydrogen-bond donors (Lipinski definition) is 0. The van der Waals surface area contributed by atoms with Gasteiger partial charge in [0.25, 0.3) is 0 Å². The van der Waals surface area contributed by atoms with Crippen molar-refractivity contribution in [3.8, 4) is 0 Å². The molecule has 2 heterocycles. The van der Waals surface area contributed by atoms with Crippen molar-refractivity contribution in [2.45, 2.75) is 10.8 Å². The lowest BCUT2D eigenvalue weighted by Crippen LogP contribution is -1.87. The van der Waals surface area contributed by atoms with E-state index in [-0.39, 0.29) is 0 Å². The van der Waals surface area contributed by atoms with E-state index in [0.29, 0.717) is 15.9 Å². The van der Waals surface area contributed by atoms with Gasteiger partial charge in [0.2, 0.25) is 0 Å². The lowest BCUT2D eigenvalue weighted by Gasteiger charge is -2.04. The van der Waals surface area contributed by atoms with Crippen molar-refractivity contribution in [1.29, 1.82) is 0 Å². The first-order valence-electron chi connectivity index (χ1n) is 4.70. The molecule has 0 saturated carbocycles. The van der Waals surface area contributed by atoms with Gasteiger partial charge in [0, 0.05) is 27.6 Å². The highest BCUT2D eigenvalue weighted by Crippen LogP contribution is 2.30. The molecule has 0 aliphatic heterocycles. The summed E-state index contributed by atoms with van der Waals surface area (Å²) >= 11 is 16.8.